The molecule has 3 amide bonds. The predicted molar refractivity (Wildman–Crippen MR) is 141 cm³/mol. The predicted octanol–water partition coefficient (Wildman–Crippen LogP) is 4.76. The lowest BCUT2D eigenvalue weighted by atomic mass is 10.1. The van der Waals surface area contributed by atoms with Crippen LogP contribution in [0.2, 0.25) is 0 Å². The molecule has 0 atom stereocenters. The van der Waals surface area contributed by atoms with Crippen molar-refractivity contribution < 1.29 is 19.1 Å². The number of urea groups is 1. The van der Waals surface area contributed by atoms with Gasteiger partial charge in [0.05, 0.1) is 7.11 Å². The SMILES string of the molecule is COc1cc(CN(CCNC(=O)NCc2ccccc2)C(=O)C(C)C)ccc1OCc1ccccc1. The van der Waals surface area contributed by atoms with E-state index in [1.807, 2.05) is 92.7 Å². The summed E-state index contributed by atoms with van der Waals surface area (Å²) in [5.74, 6) is 1.11. The minimum absolute atomic E-state index is 0.0184. The molecule has 0 fully saturated rings. The Labute approximate surface area is 213 Å². The maximum absolute atomic E-state index is 12.9. The van der Waals surface area contributed by atoms with Gasteiger partial charge in [-0.15, -0.1) is 0 Å². The average molecular weight is 490 g/mol. The van der Waals surface area contributed by atoms with Crippen LogP contribution in [-0.4, -0.2) is 37.0 Å². The molecular formula is C29H35N3O4. The number of rotatable bonds is 12. The highest BCUT2D eigenvalue weighted by Crippen LogP contribution is 2.29. The van der Waals surface area contributed by atoms with E-state index in [-0.39, 0.29) is 17.9 Å². The van der Waals surface area contributed by atoms with Gasteiger partial charge in [-0.3, -0.25) is 4.79 Å². The fraction of sp³-hybridized carbons (Fsp3) is 0.310. The summed E-state index contributed by atoms with van der Waals surface area (Å²) in [6, 6.07) is 25.1. The molecule has 0 heterocycles. The Morgan fingerprint density at radius 1 is 0.833 bits per heavy atom. The van der Waals surface area contributed by atoms with Gasteiger partial charge >= 0.3 is 6.03 Å². The van der Waals surface area contributed by atoms with Crippen LogP contribution in [0.4, 0.5) is 4.79 Å². The van der Waals surface area contributed by atoms with Crippen molar-refractivity contribution in [1.29, 1.82) is 0 Å². The Morgan fingerprint density at radius 2 is 1.50 bits per heavy atom. The molecule has 36 heavy (non-hydrogen) atoms. The maximum Gasteiger partial charge on any atom is 0.315 e. The molecule has 0 saturated heterocycles. The third-order valence-corrected chi connectivity index (χ3v) is 5.61. The number of nitrogens with one attached hydrogen (secondary N) is 2. The zero-order valence-electron chi connectivity index (χ0n) is 21.2. The molecule has 0 aliphatic rings. The minimum atomic E-state index is -0.266. The van der Waals surface area contributed by atoms with Crippen molar-refractivity contribution in [2.75, 3.05) is 20.2 Å². The normalized spacial score (nSPS) is 10.6. The molecule has 0 radical (unpaired) electrons. The van der Waals surface area contributed by atoms with Crippen LogP contribution in [0.1, 0.15) is 30.5 Å². The van der Waals surface area contributed by atoms with Crippen LogP contribution in [0.25, 0.3) is 0 Å². The number of carbonyl (C=O) groups excluding carboxylic acids is 2. The van der Waals surface area contributed by atoms with Crippen molar-refractivity contribution in [3.8, 4) is 11.5 Å². The van der Waals surface area contributed by atoms with E-state index < -0.39 is 0 Å². The second-order valence-electron chi connectivity index (χ2n) is 8.77. The lowest BCUT2D eigenvalue weighted by Crippen LogP contribution is -2.42. The van der Waals surface area contributed by atoms with Crippen molar-refractivity contribution >= 4 is 11.9 Å². The van der Waals surface area contributed by atoms with E-state index in [1.165, 1.54) is 0 Å². The summed E-state index contributed by atoms with van der Waals surface area (Å²) in [6.45, 7) is 5.76. The van der Waals surface area contributed by atoms with Gasteiger partial charge in [0.1, 0.15) is 6.61 Å². The maximum atomic E-state index is 12.9. The molecule has 0 unspecified atom stereocenters. The fourth-order valence-electron chi connectivity index (χ4n) is 3.66. The second kappa shape index (κ2) is 13.8. The smallest absolute Gasteiger partial charge is 0.315 e. The number of nitrogens with zero attached hydrogens (tertiary/aromatic N) is 1. The first-order valence-corrected chi connectivity index (χ1v) is 12.1. The molecule has 7 heteroatoms. The summed E-state index contributed by atoms with van der Waals surface area (Å²) in [5.41, 5.74) is 3.01. The number of methoxy groups -OCH3 is 1. The summed E-state index contributed by atoms with van der Waals surface area (Å²) in [4.78, 5) is 26.8. The monoisotopic (exact) mass is 489 g/mol. The number of benzene rings is 3. The van der Waals surface area contributed by atoms with Crippen LogP contribution in [0, 0.1) is 5.92 Å². The molecule has 0 aliphatic heterocycles. The van der Waals surface area contributed by atoms with Crippen molar-refractivity contribution in [3.05, 3.63) is 95.6 Å². The van der Waals surface area contributed by atoms with Gasteiger partial charge in [-0.1, -0.05) is 80.6 Å². The zero-order chi connectivity index (χ0) is 25.8. The molecule has 2 N–H and O–H groups in total. The molecule has 0 aromatic heterocycles. The first kappa shape index (κ1) is 26.6. The number of carbonyl (C=O) groups is 2. The van der Waals surface area contributed by atoms with E-state index in [2.05, 4.69) is 10.6 Å². The largest absolute Gasteiger partial charge is 0.493 e. The minimum Gasteiger partial charge on any atom is -0.493 e. The number of hydrogen-bond acceptors (Lipinski definition) is 4. The highest BCUT2D eigenvalue weighted by molar-refractivity contribution is 5.78. The average Bonchev–Trinajstić information content (AvgIpc) is 2.91. The Hall–Kier alpha value is -4.00. The first-order valence-electron chi connectivity index (χ1n) is 12.1. The third-order valence-electron chi connectivity index (χ3n) is 5.61. The molecule has 0 saturated carbocycles. The van der Waals surface area contributed by atoms with Gasteiger partial charge in [0.2, 0.25) is 5.91 Å². The van der Waals surface area contributed by atoms with Crippen molar-refractivity contribution in [1.82, 2.24) is 15.5 Å². The lowest BCUT2D eigenvalue weighted by molar-refractivity contribution is -0.135. The van der Waals surface area contributed by atoms with E-state index in [0.29, 0.717) is 44.3 Å². The summed E-state index contributed by atoms with van der Waals surface area (Å²) in [6.07, 6.45) is 0. The molecule has 7 nitrogen and oxygen atoms in total. The lowest BCUT2D eigenvalue weighted by Gasteiger charge is -2.25. The highest BCUT2D eigenvalue weighted by atomic mass is 16.5. The zero-order valence-corrected chi connectivity index (χ0v) is 21.2. The van der Waals surface area contributed by atoms with E-state index in [9.17, 15) is 9.59 Å². The van der Waals surface area contributed by atoms with Gasteiger partial charge in [0, 0.05) is 32.1 Å². The Bertz CT molecular complexity index is 1100. The van der Waals surface area contributed by atoms with Crippen molar-refractivity contribution in [3.63, 3.8) is 0 Å². The van der Waals surface area contributed by atoms with Gasteiger partial charge < -0.3 is 25.0 Å². The fourth-order valence-corrected chi connectivity index (χ4v) is 3.66. The van der Waals surface area contributed by atoms with Crippen LogP contribution in [-0.2, 0) is 24.5 Å². The van der Waals surface area contributed by atoms with E-state index in [0.717, 1.165) is 16.7 Å². The van der Waals surface area contributed by atoms with Crippen molar-refractivity contribution in [2.45, 2.75) is 33.5 Å². The van der Waals surface area contributed by atoms with Gasteiger partial charge in [-0.05, 0) is 28.8 Å². The molecule has 0 bridgehead atoms. The van der Waals surface area contributed by atoms with Gasteiger partial charge in [-0.25, -0.2) is 4.79 Å². The molecular weight excluding hydrogens is 454 g/mol. The van der Waals surface area contributed by atoms with Crippen LogP contribution < -0.4 is 20.1 Å². The first-order chi connectivity index (χ1) is 17.5. The number of amides is 3. The van der Waals surface area contributed by atoms with Crippen LogP contribution in [0.5, 0.6) is 11.5 Å². The van der Waals surface area contributed by atoms with Crippen molar-refractivity contribution in [2.24, 2.45) is 5.92 Å². The Balaban J connectivity index is 1.56. The third kappa shape index (κ3) is 8.34. The highest BCUT2D eigenvalue weighted by Gasteiger charge is 2.18. The Morgan fingerprint density at radius 3 is 2.14 bits per heavy atom. The molecule has 3 aromatic rings. The standard InChI is InChI=1S/C29H35N3O4/c1-22(2)28(33)32(17-16-30-29(34)31-19-23-10-6-4-7-11-23)20-25-14-15-26(27(18-25)35-3)36-21-24-12-8-5-9-13-24/h4-15,18,22H,16-17,19-21H2,1-3H3,(H2,30,31,34). The van der Waals surface area contributed by atoms with E-state index >= 15 is 0 Å². The Kier molecular flexibility index (Phi) is 10.2. The topological polar surface area (TPSA) is 79.9 Å². The second-order valence-corrected chi connectivity index (χ2v) is 8.77. The van der Waals surface area contributed by atoms with Gasteiger partial charge in [0.15, 0.2) is 11.5 Å². The summed E-state index contributed by atoms with van der Waals surface area (Å²) < 4.78 is 11.5. The van der Waals surface area contributed by atoms with Crippen LogP contribution in [0.15, 0.2) is 78.9 Å². The van der Waals surface area contributed by atoms with Gasteiger partial charge in [0.25, 0.3) is 0 Å². The summed E-state index contributed by atoms with van der Waals surface area (Å²) in [5, 5.41) is 5.67. The summed E-state index contributed by atoms with van der Waals surface area (Å²) in [7, 11) is 1.60. The van der Waals surface area contributed by atoms with E-state index in [1.54, 1.807) is 12.0 Å². The molecule has 0 aliphatic carbocycles. The number of ether oxygens (including phenoxy) is 2. The number of hydrogen-bond donors (Lipinski definition) is 2. The molecule has 3 aromatic carbocycles. The molecule has 3 rings (SSSR count). The molecule has 190 valence electrons. The van der Waals surface area contributed by atoms with Gasteiger partial charge in [-0.2, -0.15) is 0 Å². The summed E-state index contributed by atoms with van der Waals surface area (Å²) >= 11 is 0. The van der Waals surface area contributed by atoms with Crippen LogP contribution >= 0.6 is 0 Å². The van der Waals surface area contributed by atoms with Crippen LogP contribution in [0.3, 0.4) is 0 Å². The molecule has 0 spiro atoms. The quantitative estimate of drug-likeness (QED) is 0.385. The van der Waals surface area contributed by atoms with E-state index in [4.69, 9.17) is 9.47 Å².